The van der Waals surface area contributed by atoms with Crippen molar-refractivity contribution in [2.45, 2.75) is 56.8 Å². The number of anilines is 1. The summed E-state index contributed by atoms with van der Waals surface area (Å²) in [6.07, 6.45) is -0.753. The number of aliphatic hydroxyl groups is 2. The second-order valence-electron chi connectivity index (χ2n) is 8.43. The fourth-order valence-corrected chi connectivity index (χ4v) is 4.36. The molecule has 2 aliphatic rings. The minimum absolute atomic E-state index is 0.0159. The van der Waals surface area contributed by atoms with E-state index in [4.69, 9.17) is 5.26 Å². The van der Waals surface area contributed by atoms with Gasteiger partial charge < -0.3 is 20.4 Å². The van der Waals surface area contributed by atoms with Crippen molar-refractivity contribution in [3.63, 3.8) is 0 Å². The molecule has 170 valence electrons. The average Bonchev–Trinajstić information content (AvgIpc) is 3.06. The maximum Gasteiger partial charge on any atom is 0.322 e. The highest BCUT2D eigenvalue weighted by Crippen LogP contribution is 2.44. The number of hydrogen-bond acceptors (Lipinski definition) is 5. The summed E-state index contributed by atoms with van der Waals surface area (Å²) in [5, 5.41) is 35.6. The van der Waals surface area contributed by atoms with Crippen molar-refractivity contribution in [1.82, 2.24) is 14.7 Å². The Hall–Kier alpha value is -3.10. The first-order chi connectivity index (χ1) is 15.1. The average molecular weight is 449 g/mol. The molecule has 2 unspecified atom stereocenters. The maximum absolute atomic E-state index is 15.1. The monoisotopic (exact) mass is 449 g/mol. The fourth-order valence-electron chi connectivity index (χ4n) is 4.36. The lowest BCUT2D eigenvalue weighted by molar-refractivity contribution is -0.112. The van der Waals surface area contributed by atoms with E-state index in [1.165, 1.54) is 21.7 Å². The summed E-state index contributed by atoms with van der Waals surface area (Å²) >= 11 is 0. The molecule has 2 aliphatic heterocycles. The van der Waals surface area contributed by atoms with E-state index in [0.29, 0.717) is 5.69 Å². The van der Waals surface area contributed by atoms with Crippen molar-refractivity contribution in [2.75, 3.05) is 11.9 Å². The molecule has 4 rings (SSSR count). The van der Waals surface area contributed by atoms with E-state index in [2.05, 4.69) is 10.4 Å². The molecule has 0 saturated carbocycles. The van der Waals surface area contributed by atoms with E-state index in [1.54, 1.807) is 13.0 Å². The predicted octanol–water partition coefficient (Wildman–Crippen LogP) is 2.48. The first-order valence-corrected chi connectivity index (χ1v) is 10.1. The van der Waals surface area contributed by atoms with Crippen LogP contribution in [0.15, 0.2) is 18.2 Å². The Labute approximate surface area is 181 Å². The molecule has 2 aromatic rings. The molecule has 2 amide bonds. The molecule has 0 fully saturated rings. The van der Waals surface area contributed by atoms with Gasteiger partial charge in [-0.05, 0) is 31.5 Å². The summed E-state index contributed by atoms with van der Waals surface area (Å²) in [4.78, 5) is 14.3. The van der Waals surface area contributed by atoms with Gasteiger partial charge in [0.1, 0.15) is 17.6 Å². The summed E-state index contributed by atoms with van der Waals surface area (Å²) in [6.45, 7) is 0.865. The first kappa shape index (κ1) is 22.1. The van der Waals surface area contributed by atoms with Gasteiger partial charge in [-0.3, -0.25) is 4.68 Å². The summed E-state index contributed by atoms with van der Waals surface area (Å²) in [5.41, 5.74) is -1.60. The molecule has 0 saturated heterocycles. The van der Waals surface area contributed by atoms with Crippen molar-refractivity contribution in [1.29, 1.82) is 5.26 Å². The lowest BCUT2D eigenvalue weighted by Crippen LogP contribution is -2.45. The Morgan fingerprint density at radius 2 is 2.19 bits per heavy atom. The third kappa shape index (κ3) is 3.80. The highest BCUT2D eigenvalue weighted by molar-refractivity contribution is 5.90. The number of aromatic nitrogens is 2. The van der Waals surface area contributed by atoms with Crippen LogP contribution in [0.1, 0.15) is 42.3 Å². The first-order valence-electron chi connectivity index (χ1n) is 10.1. The highest BCUT2D eigenvalue weighted by Gasteiger charge is 2.50. The molecule has 11 heteroatoms. The van der Waals surface area contributed by atoms with Crippen LogP contribution in [0.3, 0.4) is 0 Å². The zero-order valence-electron chi connectivity index (χ0n) is 17.3. The molecular formula is C21H22F3N5O3. The zero-order chi connectivity index (χ0) is 23.3. The van der Waals surface area contributed by atoms with Gasteiger partial charge in [-0.2, -0.15) is 19.1 Å². The van der Waals surface area contributed by atoms with Gasteiger partial charge in [-0.25, -0.2) is 9.18 Å². The van der Waals surface area contributed by atoms with Gasteiger partial charge in [0, 0.05) is 36.7 Å². The Bertz CT molecular complexity index is 1110. The van der Waals surface area contributed by atoms with Gasteiger partial charge in [0.15, 0.2) is 0 Å². The fraction of sp³-hybridized carbons (Fsp3) is 0.476. The van der Waals surface area contributed by atoms with Gasteiger partial charge >= 0.3 is 6.03 Å². The summed E-state index contributed by atoms with van der Waals surface area (Å²) in [5.74, 6) is -4.16. The number of rotatable bonds is 2. The second kappa shape index (κ2) is 7.79. The van der Waals surface area contributed by atoms with E-state index in [9.17, 15) is 19.4 Å². The Balaban J connectivity index is 1.62. The number of halogens is 3. The topological polar surface area (TPSA) is 114 Å². The second-order valence-corrected chi connectivity index (χ2v) is 8.43. The minimum atomic E-state index is -3.45. The van der Waals surface area contributed by atoms with E-state index >= 15 is 8.78 Å². The number of nitrogens with zero attached hydrogens (tertiary/aromatic N) is 4. The smallest absolute Gasteiger partial charge is 0.322 e. The molecule has 3 N–H and O–H groups in total. The lowest BCUT2D eigenvalue weighted by atomic mass is 9.90. The van der Waals surface area contributed by atoms with E-state index in [0.717, 1.165) is 6.07 Å². The molecule has 8 nitrogen and oxygen atoms in total. The number of hydrogen-bond donors (Lipinski definition) is 3. The quantitative estimate of drug-likeness (QED) is 0.652. The summed E-state index contributed by atoms with van der Waals surface area (Å²) in [6, 6.07) is 4.34. The number of benzene rings is 1. The lowest BCUT2D eigenvalue weighted by Gasteiger charge is -2.34. The van der Waals surface area contributed by atoms with Crippen molar-refractivity contribution < 1.29 is 28.2 Å². The molecule has 1 aromatic carbocycles. The Morgan fingerprint density at radius 3 is 2.88 bits per heavy atom. The summed E-state index contributed by atoms with van der Waals surface area (Å²) < 4.78 is 45.0. The Morgan fingerprint density at radius 1 is 1.44 bits per heavy atom. The molecule has 0 aliphatic carbocycles. The van der Waals surface area contributed by atoms with Crippen LogP contribution in [0.2, 0.25) is 0 Å². The molecule has 32 heavy (non-hydrogen) atoms. The van der Waals surface area contributed by atoms with Crippen LogP contribution in [0.4, 0.5) is 23.7 Å². The van der Waals surface area contributed by atoms with Crippen LogP contribution < -0.4 is 5.32 Å². The van der Waals surface area contributed by atoms with Crippen LogP contribution in [0.5, 0.6) is 0 Å². The number of nitriles is 1. The molecule has 0 spiro atoms. The number of aryl methyl sites for hydroxylation is 1. The number of fused-ring (bicyclic) bond motifs is 3. The third-order valence-electron chi connectivity index (χ3n) is 6.06. The van der Waals surface area contributed by atoms with Crippen LogP contribution in [0, 0.1) is 17.1 Å². The van der Waals surface area contributed by atoms with E-state index in [-0.39, 0.29) is 54.5 Å². The van der Waals surface area contributed by atoms with Crippen LogP contribution in [-0.4, -0.2) is 49.2 Å². The predicted molar refractivity (Wildman–Crippen MR) is 106 cm³/mol. The van der Waals surface area contributed by atoms with Crippen LogP contribution >= 0.6 is 0 Å². The maximum atomic E-state index is 15.1. The number of urea groups is 1. The van der Waals surface area contributed by atoms with Crippen LogP contribution in [-0.2, 0) is 25.4 Å². The van der Waals surface area contributed by atoms with Gasteiger partial charge in [0.25, 0.3) is 5.92 Å². The highest BCUT2D eigenvalue weighted by atomic mass is 19.3. The molecule has 0 bridgehead atoms. The standard InChI is InChI=1S/C21H22F3N5O3/c1-12-6-17-15(18-21(23,24)10-20(32,11-30)4-5-29(18)27-17)9-28(12)19(31)26-14-2-3-16(22)13(7-14)8-25/h2-3,7,12,30,32H,4-6,9-11H2,1H3,(H,26,31). The van der Waals surface area contributed by atoms with Gasteiger partial charge in [0.2, 0.25) is 0 Å². The molecule has 0 radical (unpaired) electrons. The summed E-state index contributed by atoms with van der Waals surface area (Å²) in [7, 11) is 0. The number of amides is 2. The Kier molecular flexibility index (Phi) is 5.38. The van der Waals surface area contributed by atoms with Crippen molar-refractivity contribution in [3.05, 3.63) is 46.5 Å². The van der Waals surface area contributed by atoms with Crippen molar-refractivity contribution in [3.8, 4) is 6.07 Å². The van der Waals surface area contributed by atoms with Crippen molar-refractivity contribution >= 4 is 11.7 Å². The molecule has 3 heterocycles. The number of aliphatic hydroxyl groups excluding tert-OH is 1. The van der Waals surface area contributed by atoms with Crippen LogP contribution in [0.25, 0.3) is 0 Å². The number of carbonyl (C=O) groups is 1. The third-order valence-corrected chi connectivity index (χ3v) is 6.06. The SMILES string of the molecule is CC1Cc2nn3c(c2CN1C(=O)Nc1ccc(F)c(C#N)c1)C(F)(F)CC(O)(CO)CC3. The molecular weight excluding hydrogens is 427 g/mol. The minimum Gasteiger partial charge on any atom is -0.393 e. The largest absolute Gasteiger partial charge is 0.393 e. The normalized spacial score (nSPS) is 24.2. The van der Waals surface area contributed by atoms with Gasteiger partial charge in [-0.1, -0.05) is 0 Å². The van der Waals surface area contributed by atoms with E-state index < -0.39 is 36.4 Å². The van der Waals surface area contributed by atoms with Crippen molar-refractivity contribution in [2.24, 2.45) is 0 Å². The van der Waals surface area contributed by atoms with Gasteiger partial charge in [-0.15, -0.1) is 0 Å². The molecule has 2 atom stereocenters. The van der Waals surface area contributed by atoms with Gasteiger partial charge in [0.05, 0.1) is 30.0 Å². The number of carbonyl (C=O) groups excluding carboxylic acids is 1. The zero-order valence-corrected chi connectivity index (χ0v) is 17.3. The number of nitrogens with one attached hydrogen (secondary N) is 1. The number of alkyl halides is 2. The van der Waals surface area contributed by atoms with E-state index in [1.807, 2.05) is 0 Å². The molecule has 1 aromatic heterocycles.